The first kappa shape index (κ1) is 13.4. The second-order valence-electron chi connectivity index (χ2n) is 4.86. The van der Waals surface area contributed by atoms with Gasteiger partial charge in [0, 0.05) is 31.5 Å². The fourth-order valence-corrected chi connectivity index (χ4v) is 1.94. The second kappa shape index (κ2) is 5.74. The molecule has 3 heteroatoms. The van der Waals surface area contributed by atoms with Gasteiger partial charge in [-0.25, -0.2) is 4.39 Å². The molecule has 0 amide bonds. The quantitative estimate of drug-likeness (QED) is 0.889. The van der Waals surface area contributed by atoms with Crippen molar-refractivity contribution in [2.24, 2.45) is 0 Å². The Morgan fingerprint density at radius 2 is 1.53 bits per heavy atom. The predicted octanol–water partition coefficient (Wildman–Crippen LogP) is 4.06. The van der Waals surface area contributed by atoms with E-state index in [2.05, 4.69) is 41.4 Å². The number of nitrogens with zero attached hydrogens (tertiary/aromatic N) is 1. The number of rotatable bonds is 4. The Labute approximate surface area is 113 Å². The van der Waals surface area contributed by atoms with Crippen molar-refractivity contribution in [3.05, 3.63) is 59.9 Å². The summed E-state index contributed by atoms with van der Waals surface area (Å²) in [4.78, 5) is 2.06. The molecular formula is C16H19FN2. The molecule has 0 aliphatic heterocycles. The summed E-state index contributed by atoms with van der Waals surface area (Å²) in [5.74, 6) is -0.203. The fraction of sp³-hybridized carbons (Fsp3) is 0.250. The average molecular weight is 258 g/mol. The molecule has 0 aliphatic rings. The topological polar surface area (TPSA) is 15.3 Å². The molecule has 0 aliphatic carbocycles. The predicted molar refractivity (Wildman–Crippen MR) is 79.2 cm³/mol. The van der Waals surface area contributed by atoms with Gasteiger partial charge < -0.3 is 10.2 Å². The first-order chi connectivity index (χ1) is 9.06. The Bertz CT molecular complexity index is 517. The zero-order chi connectivity index (χ0) is 13.8. The molecule has 2 rings (SSSR count). The van der Waals surface area contributed by atoms with Crippen LogP contribution in [0.2, 0.25) is 0 Å². The fourth-order valence-electron chi connectivity index (χ4n) is 1.94. The van der Waals surface area contributed by atoms with Crippen LogP contribution in [0.25, 0.3) is 0 Å². The first-order valence-electron chi connectivity index (χ1n) is 6.35. The minimum atomic E-state index is -0.203. The molecule has 19 heavy (non-hydrogen) atoms. The smallest absolute Gasteiger partial charge is 0.123 e. The van der Waals surface area contributed by atoms with E-state index in [0.29, 0.717) is 0 Å². The third-order valence-electron chi connectivity index (χ3n) is 3.14. The maximum absolute atomic E-state index is 12.9. The Morgan fingerprint density at radius 3 is 2.05 bits per heavy atom. The van der Waals surface area contributed by atoms with Gasteiger partial charge >= 0.3 is 0 Å². The standard InChI is InChI=1S/C16H19FN2/c1-12(13-4-6-14(17)7-5-13)18-15-8-10-16(11-9-15)19(2)3/h4-12,18H,1-3H3. The number of halogens is 1. The lowest BCUT2D eigenvalue weighted by atomic mass is 10.1. The normalized spacial score (nSPS) is 12.0. The van der Waals surface area contributed by atoms with Gasteiger partial charge in [-0.05, 0) is 48.9 Å². The maximum atomic E-state index is 12.9. The van der Waals surface area contributed by atoms with Crippen LogP contribution in [0, 0.1) is 5.82 Å². The van der Waals surface area contributed by atoms with Gasteiger partial charge in [0.05, 0.1) is 0 Å². The van der Waals surface area contributed by atoms with E-state index >= 15 is 0 Å². The summed E-state index contributed by atoms with van der Waals surface area (Å²) in [6.07, 6.45) is 0. The van der Waals surface area contributed by atoms with Crippen molar-refractivity contribution in [2.45, 2.75) is 13.0 Å². The van der Waals surface area contributed by atoms with E-state index in [0.717, 1.165) is 11.3 Å². The van der Waals surface area contributed by atoms with Crippen molar-refractivity contribution in [1.29, 1.82) is 0 Å². The summed E-state index contributed by atoms with van der Waals surface area (Å²) in [6.45, 7) is 2.06. The molecule has 100 valence electrons. The third kappa shape index (κ3) is 3.47. The maximum Gasteiger partial charge on any atom is 0.123 e. The van der Waals surface area contributed by atoms with Crippen molar-refractivity contribution in [1.82, 2.24) is 0 Å². The van der Waals surface area contributed by atoms with Crippen molar-refractivity contribution in [3.63, 3.8) is 0 Å². The summed E-state index contributed by atoms with van der Waals surface area (Å²) in [5, 5.41) is 3.40. The SMILES string of the molecule is CC(Nc1ccc(N(C)C)cc1)c1ccc(F)cc1. The largest absolute Gasteiger partial charge is 0.379 e. The summed E-state index contributed by atoms with van der Waals surface area (Å²) in [5.41, 5.74) is 3.29. The lowest BCUT2D eigenvalue weighted by molar-refractivity contribution is 0.626. The molecule has 2 nitrogen and oxygen atoms in total. The highest BCUT2D eigenvalue weighted by Gasteiger charge is 2.05. The minimum Gasteiger partial charge on any atom is -0.379 e. The molecule has 1 unspecified atom stereocenters. The Morgan fingerprint density at radius 1 is 0.947 bits per heavy atom. The van der Waals surface area contributed by atoms with E-state index in [1.807, 2.05) is 14.1 Å². The average Bonchev–Trinajstić information content (AvgIpc) is 2.40. The number of nitrogens with one attached hydrogen (secondary N) is 1. The van der Waals surface area contributed by atoms with E-state index < -0.39 is 0 Å². The van der Waals surface area contributed by atoms with Gasteiger partial charge in [0.1, 0.15) is 5.82 Å². The van der Waals surface area contributed by atoms with Crippen molar-refractivity contribution in [3.8, 4) is 0 Å². The van der Waals surface area contributed by atoms with Crippen LogP contribution in [0.1, 0.15) is 18.5 Å². The van der Waals surface area contributed by atoms with Gasteiger partial charge in [-0.1, -0.05) is 12.1 Å². The molecule has 0 bridgehead atoms. The highest BCUT2D eigenvalue weighted by Crippen LogP contribution is 2.21. The molecule has 0 saturated carbocycles. The number of anilines is 2. The lowest BCUT2D eigenvalue weighted by Crippen LogP contribution is -2.09. The molecular weight excluding hydrogens is 239 g/mol. The van der Waals surface area contributed by atoms with Crippen LogP contribution in [-0.2, 0) is 0 Å². The number of hydrogen-bond acceptors (Lipinski definition) is 2. The molecule has 0 aromatic heterocycles. The molecule has 0 heterocycles. The first-order valence-corrected chi connectivity index (χ1v) is 6.35. The number of hydrogen-bond donors (Lipinski definition) is 1. The van der Waals surface area contributed by atoms with E-state index in [-0.39, 0.29) is 11.9 Å². The van der Waals surface area contributed by atoms with Crippen molar-refractivity contribution in [2.75, 3.05) is 24.3 Å². The summed E-state index contributed by atoms with van der Waals surface area (Å²) in [7, 11) is 4.03. The Balaban J connectivity index is 2.06. The molecule has 0 spiro atoms. The van der Waals surface area contributed by atoms with Gasteiger partial charge in [0.15, 0.2) is 0 Å². The Kier molecular flexibility index (Phi) is 4.05. The van der Waals surface area contributed by atoms with Crippen LogP contribution in [0.15, 0.2) is 48.5 Å². The van der Waals surface area contributed by atoms with E-state index in [9.17, 15) is 4.39 Å². The molecule has 1 atom stereocenters. The highest BCUT2D eigenvalue weighted by molar-refractivity contribution is 5.55. The minimum absolute atomic E-state index is 0.144. The zero-order valence-corrected chi connectivity index (χ0v) is 11.5. The van der Waals surface area contributed by atoms with Gasteiger partial charge in [0.2, 0.25) is 0 Å². The van der Waals surface area contributed by atoms with E-state index in [1.165, 1.54) is 17.8 Å². The summed E-state index contributed by atoms with van der Waals surface area (Å²) < 4.78 is 12.9. The molecule has 0 fully saturated rings. The van der Waals surface area contributed by atoms with E-state index in [4.69, 9.17) is 0 Å². The molecule has 0 radical (unpaired) electrons. The van der Waals surface area contributed by atoms with Crippen LogP contribution in [0.4, 0.5) is 15.8 Å². The Hall–Kier alpha value is -2.03. The van der Waals surface area contributed by atoms with Crippen LogP contribution in [0.3, 0.4) is 0 Å². The second-order valence-corrected chi connectivity index (χ2v) is 4.86. The summed E-state index contributed by atoms with van der Waals surface area (Å²) in [6, 6.07) is 15.0. The van der Waals surface area contributed by atoms with Crippen LogP contribution < -0.4 is 10.2 Å². The lowest BCUT2D eigenvalue weighted by Gasteiger charge is -2.17. The van der Waals surface area contributed by atoms with Crippen molar-refractivity contribution >= 4 is 11.4 Å². The van der Waals surface area contributed by atoms with Crippen LogP contribution in [0.5, 0.6) is 0 Å². The number of benzene rings is 2. The summed E-state index contributed by atoms with van der Waals surface area (Å²) >= 11 is 0. The molecule has 1 N–H and O–H groups in total. The third-order valence-corrected chi connectivity index (χ3v) is 3.14. The highest BCUT2D eigenvalue weighted by atomic mass is 19.1. The van der Waals surface area contributed by atoms with Crippen LogP contribution in [-0.4, -0.2) is 14.1 Å². The molecule has 2 aromatic rings. The van der Waals surface area contributed by atoms with Gasteiger partial charge in [0.25, 0.3) is 0 Å². The zero-order valence-electron chi connectivity index (χ0n) is 11.5. The monoisotopic (exact) mass is 258 g/mol. The molecule has 2 aromatic carbocycles. The van der Waals surface area contributed by atoms with E-state index in [1.54, 1.807) is 12.1 Å². The van der Waals surface area contributed by atoms with Crippen LogP contribution >= 0.6 is 0 Å². The van der Waals surface area contributed by atoms with Gasteiger partial charge in [-0.15, -0.1) is 0 Å². The van der Waals surface area contributed by atoms with Gasteiger partial charge in [-0.3, -0.25) is 0 Å². The molecule has 0 saturated heterocycles. The van der Waals surface area contributed by atoms with Crippen molar-refractivity contribution < 1.29 is 4.39 Å². The van der Waals surface area contributed by atoms with Gasteiger partial charge in [-0.2, -0.15) is 0 Å².